The van der Waals surface area contributed by atoms with E-state index in [1.165, 1.54) is 20.8 Å². The Morgan fingerprint density at radius 3 is 2.47 bits per heavy atom. The quantitative estimate of drug-likeness (QED) is 0.455. The van der Waals surface area contributed by atoms with Crippen molar-refractivity contribution in [2.75, 3.05) is 18.5 Å². The number of halogens is 1. The van der Waals surface area contributed by atoms with Crippen LogP contribution in [0.4, 0.5) is 10.2 Å². The first-order valence-corrected chi connectivity index (χ1v) is 11.4. The molecule has 8 heteroatoms. The van der Waals surface area contributed by atoms with Gasteiger partial charge in [0.1, 0.15) is 17.3 Å². The van der Waals surface area contributed by atoms with Gasteiger partial charge in [0.2, 0.25) is 0 Å². The Morgan fingerprint density at radius 1 is 1.18 bits per heavy atom. The molecule has 0 spiro atoms. The Kier molecular flexibility index (Phi) is 8.65. The van der Waals surface area contributed by atoms with Crippen molar-refractivity contribution in [1.29, 1.82) is 5.41 Å². The molecule has 34 heavy (non-hydrogen) atoms. The monoisotopic (exact) mass is 465 g/mol. The Morgan fingerprint density at radius 2 is 1.82 bits per heavy atom. The summed E-state index contributed by atoms with van der Waals surface area (Å²) in [6.45, 7) is 5.94. The third-order valence-corrected chi connectivity index (χ3v) is 5.08. The summed E-state index contributed by atoms with van der Waals surface area (Å²) in [7, 11) is 0. The molecule has 0 atom stereocenters. The lowest BCUT2D eigenvalue weighted by atomic mass is 9.98. The van der Waals surface area contributed by atoms with Gasteiger partial charge in [-0.3, -0.25) is 9.78 Å². The maximum Gasteiger partial charge on any atom is 0.261 e. The fourth-order valence-electron chi connectivity index (χ4n) is 3.56. The molecule has 1 saturated heterocycles. The van der Waals surface area contributed by atoms with E-state index in [4.69, 9.17) is 10.1 Å². The first-order valence-electron chi connectivity index (χ1n) is 11.4. The van der Waals surface area contributed by atoms with Gasteiger partial charge in [0.25, 0.3) is 5.56 Å². The van der Waals surface area contributed by atoms with Crippen molar-refractivity contribution >= 4 is 12.0 Å². The summed E-state index contributed by atoms with van der Waals surface area (Å²) in [6, 6.07) is 12.2. The molecule has 0 amide bonds. The second kappa shape index (κ2) is 11.7. The summed E-state index contributed by atoms with van der Waals surface area (Å²) in [5.41, 5.74) is 2.15. The molecule has 0 unspecified atom stereocenters. The Balaban J connectivity index is 0.000000588. The summed E-state index contributed by atoms with van der Waals surface area (Å²) in [4.78, 5) is 24.1. The smallest absolute Gasteiger partial charge is 0.261 e. The van der Waals surface area contributed by atoms with E-state index in [0.717, 1.165) is 35.7 Å². The SMILES string of the molecule is CC(C)(C)F.N=Cc1c(NC2CCOCC2)nc(Cc2ccccc2-c2ccncc2)[nH]c1=O. The van der Waals surface area contributed by atoms with E-state index in [0.29, 0.717) is 31.3 Å². The lowest BCUT2D eigenvalue weighted by Crippen LogP contribution is -2.30. The third-order valence-electron chi connectivity index (χ3n) is 5.08. The van der Waals surface area contributed by atoms with Crippen molar-refractivity contribution in [3.63, 3.8) is 0 Å². The van der Waals surface area contributed by atoms with E-state index < -0.39 is 5.67 Å². The normalized spacial score (nSPS) is 14.1. The number of anilines is 1. The minimum absolute atomic E-state index is 0.189. The van der Waals surface area contributed by atoms with Gasteiger partial charge in [-0.15, -0.1) is 0 Å². The summed E-state index contributed by atoms with van der Waals surface area (Å²) in [5.74, 6) is 1.03. The Bertz CT molecular complexity index is 1130. The van der Waals surface area contributed by atoms with Crippen LogP contribution < -0.4 is 10.9 Å². The number of alkyl halides is 1. The average Bonchev–Trinajstić information content (AvgIpc) is 2.80. The first kappa shape index (κ1) is 25.2. The largest absolute Gasteiger partial charge is 0.381 e. The number of hydrogen-bond donors (Lipinski definition) is 3. The molecular formula is C26H32FN5O2. The number of aromatic amines is 1. The minimum Gasteiger partial charge on any atom is -0.381 e. The van der Waals surface area contributed by atoms with Crippen molar-refractivity contribution in [2.45, 2.75) is 51.7 Å². The molecule has 1 aliphatic rings. The van der Waals surface area contributed by atoms with Crippen LogP contribution in [0, 0.1) is 5.41 Å². The molecule has 3 heterocycles. The first-order chi connectivity index (χ1) is 16.2. The van der Waals surface area contributed by atoms with Crippen LogP contribution in [0.5, 0.6) is 0 Å². The molecule has 0 aliphatic carbocycles. The van der Waals surface area contributed by atoms with Gasteiger partial charge in [0.15, 0.2) is 0 Å². The van der Waals surface area contributed by atoms with Gasteiger partial charge in [-0.05, 0) is 62.4 Å². The molecular weight excluding hydrogens is 433 g/mol. The van der Waals surface area contributed by atoms with E-state index in [1.54, 1.807) is 12.4 Å². The fourth-order valence-corrected chi connectivity index (χ4v) is 3.56. The van der Waals surface area contributed by atoms with Crippen LogP contribution in [0.2, 0.25) is 0 Å². The van der Waals surface area contributed by atoms with Crippen LogP contribution in [-0.2, 0) is 11.2 Å². The van der Waals surface area contributed by atoms with Gasteiger partial charge in [0.05, 0.1) is 5.56 Å². The molecule has 4 rings (SSSR count). The van der Waals surface area contributed by atoms with Crippen molar-refractivity contribution in [3.05, 3.63) is 76.1 Å². The molecule has 0 saturated carbocycles. The topological polar surface area (TPSA) is 104 Å². The highest BCUT2D eigenvalue weighted by Gasteiger charge is 2.18. The maximum atomic E-state index is 12.6. The number of benzene rings is 1. The van der Waals surface area contributed by atoms with Crippen molar-refractivity contribution < 1.29 is 9.13 Å². The van der Waals surface area contributed by atoms with Gasteiger partial charge in [-0.1, -0.05) is 24.3 Å². The highest BCUT2D eigenvalue weighted by Crippen LogP contribution is 2.25. The number of pyridine rings is 1. The average molecular weight is 466 g/mol. The number of nitrogens with one attached hydrogen (secondary N) is 3. The number of hydrogen-bond acceptors (Lipinski definition) is 6. The van der Waals surface area contributed by atoms with Crippen LogP contribution in [0.15, 0.2) is 53.6 Å². The number of rotatable bonds is 6. The maximum absolute atomic E-state index is 12.6. The molecule has 2 aromatic heterocycles. The summed E-state index contributed by atoms with van der Waals surface area (Å²) >= 11 is 0. The van der Waals surface area contributed by atoms with E-state index >= 15 is 0 Å². The number of ether oxygens (including phenoxy) is 1. The number of aromatic nitrogens is 3. The van der Waals surface area contributed by atoms with Gasteiger partial charge >= 0.3 is 0 Å². The summed E-state index contributed by atoms with van der Waals surface area (Å²) < 4.78 is 17.1. The number of nitrogens with zero attached hydrogens (tertiary/aromatic N) is 2. The molecule has 180 valence electrons. The van der Waals surface area contributed by atoms with Crippen LogP contribution in [-0.4, -0.2) is 46.1 Å². The van der Waals surface area contributed by atoms with Crippen LogP contribution >= 0.6 is 0 Å². The molecule has 0 radical (unpaired) electrons. The second-order valence-electron chi connectivity index (χ2n) is 9.09. The second-order valence-corrected chi connectivity index (χ2v) is 9.09. The van der Waals surface area contributed by atoms with Crippen LogP contribution in [0.3, 0.4) is 0 Å². The molecule has 0 bridgehead atoms. The minimum atomic E-state index is -1.00. The van der Waals surface area contributed by atoms with Crippen LogP contribution in [0.25, 0.3) is 11.1 Å². The standard InChI is InChI=1S/C22H23N5O2.C4H9F/c23-14-19-21(25-17-7-11-29-12-8-17)26-20(27-22(19)28)13-16-3-1-2-4-18(16)15-5-9-24-10-6-15;1-4(2,3)5/h1-6,9-10,14,17,23H,7-8,11-13H2,(H2,25,26,27,28);1-3H3. The molecule has 1 aromatic carbocycles. The third kappa shape index (κ3) is 7.59. The fraction of sp³-hybridized carbons (Fsp3) is 0.385. The summed E-state index contributed by atoms with van der Waals surface area (Å²) in [6.07, 6.45) is 6.77. The van der Waals surface area contributed by atoms with E-state index in [1.807, 2.05) is 30.3 Å². The van der Waals surface area contributed by atoms with Crippen LogP contribution in [0.1, 0.15) is 50.6 Å². The van der Waals surface area contributed by atoms with Crippen molar-refractivity contribution in [2.24, 2.45) is 0 Å². The molecule has 3 aromatic rings. The zero-order valence-electron chi connectivity index (χ0n) is 19.9. The van der Waals surface area contributed by atoms with E-state index in [2.05, 4.69) is 26.3 Å². The Labute approximate surface area is 199 Å². The van der Waals surface area contributed by atoms with E-state index in [-0.39, 0.29) is 17.2 Å². The lowest BCUT2D eigenvalue weighted by Gasteiger charge is -2.24. The highest BCUT2D eigenvalue weighted by atomic mass is 19.1. The van der Waals surface area contributed by atoms with Crippen molar-refractivity contribution in [1.82, 2.24) is 15.0 Å². The lowest BCUT2D eigenvalue weighted by molar-refractivity contribution is 0.0904. The Hall–Kier alpha value is -3.39. The van der Waals surface area contributed by atoms with E-state index in [9.17, 15) is 9.18 Å². The highest BCUT2D eigenvalue weighted by molar-refractivity contribution is 5.83. The molecule has 3 N–H and O–H groups in total. The zero-order valence-corrected chi connectivity index (χ0v) is 19.9. The molecule has 1 fully saturated rings. The van der Waals surface area contributed by atoms with Gasteiger partial charge in [-0.2, -0.15) is 0 Å². The van der Waals surface area contributed by atoms with Crippen molar-refractivity contribution in [3.8, 4) is 11.1 Å². The zero-order chi connectivity index (χ0) is 24.6. The van der Waals surface area contributed by atoms with Gasteiger partial charge in [0, 0.05) is 44.3 Å². The predicted molar refractivity (Wildman–Crippen MR) is 134 cm³/mol. The predicted octanol–water partition coefficient (Wildman–Crippen LogP) is 4.77. The molecule has 1 aliphatic heterocycles. The summed E-state index contributed by atoms with van der Waals surface area (Å²) in [5, 5.41) is 11.0. The van der Waals surface area contributed by atoms with Gasteiger partial charge < -0.3 is 20.4 Å². The number of H-pyrrole nitrogens is 1. The van der Waals surface area contributed by atoms with Gasteiger partial charge in [-0.25, -0.2) is 9.37 Å². The molecule has 7 nitrogen and oxygen atoms in total.